The summed E-state index contributed by atoms with van der Waals surface area (Å²) in [4.78, 5) is 17.8. The van der Waals surface area contributed by atoms with Crippen molar-refractivity contribution in [3.63, 3.8) is 0 Å². The van der Waals surface area contributed by atoms with Crippen LogP contribution in [0.5, 0.6) is 0 Å². The zero-order chi connectivity index (χ0) is 8.44. The van der Waals surface area contributed by atoms with E-state index in [1.54, 1.807) is 18.5 Å². The topological polar surface area (TPSA) is 42.3 Å². The van der Waals surface area contributed by atoms with Crippen LogP contribution >= 0.6 is 0 Å². The van der Waals surface area contributed by atoms with E-state index in [-0.39, 0.29) is 5.54 Å². The molecule has 0 N–H and O–H groups in total. The average Bonchev–Trinajstić information content (AvgIpc) is 2.88. The van der Waals surface area contributed by atoms with Crippen LogP contribution in [-0.4, -0.2) is 11.1 Å². The lowest BCUT2D eigenvalue weighted by molar-refractivity contribution is 0.556. The normalized spacial score (nSPS) is 18.0. The Morgan fingerprint density at radius 2 is 2.08 bits per heavy atom. The molecule has 3 nitrogen and oxygen atoms in total. The Kier molecular flexibility index (Phi) is 1.52. The number of carbonyl (C=O) groups excluding carboxylic acids is 1. The van der Waals surface area contributed by atoms with Crippen molar-refractivity contribution < 1.29 is 4.79 Å². The first-order valence-corrected chi connectivity index (χ1v) is 3.87. The summed E-state index contributed by atoms with van der Waals surface area (Å²) in [5.41, 5.74) is 0.825. The maximum Gasteiger partial charge on any atom is 0.235 e. The van der Waals surface area contributed by atoms with Crippen LogP contribution in [-0.2, 0) is 10.3 Å². The maximum atomic E-state index is 10.1. The molecular weight excluding hydrogens is 152 g/mol. The highest BCUT2D eigenvalue weighted by Gasteiger charge is 2.44. The molecule has 3 heteroatoms. The SMILES string of the molecule is O=C=NC1(c2ccncc2)CC1. The summed E-state index contributed by atoms with van der Waals surface area (Å²) >= 11 is 0. The molecule has 0 aromatic carbocycles. The minimum atomic E-state index is -0.245. The molecule has 0 bridgehead atoms. The van der Waals surface area contributed by atoms with E-state index in [0.717, 1.165) is 18.4 Å². The Bertz CT molecular complexity index is 324. The molecule has 1 heterocycles. The van der Waals surface area contributed by atoms with Gasteiger partial charge in [0.25, 0.3) is 0 Å². The lowest BCUT2D eigenvalue weighted by Gasteiger charge is -2.05. The number of nitrogens with zero attached hydrogens (tertiary/aromatic N) is 2. The van der Waals surface area contributed by atoms with Gasteiger partial charge in [-0.1, -0.05) is 0 Å². The molecular formula is C9H8N2O. The van der Waals surface area contributed by atoms with Crippen LogP contribution in [0.2, 0.25) is 0 Å². The summed E-state index contributed by atoms with van der Waals surface area (Å²) in [6.45, 7) is 0. The van der Waals surface area contributed by atoms with E-state index in [2.05, 4.69) is 9.98 Å². The second-order valence-corrected chi connectivity index (χ2v) is 2.97. The summed E-state index contributed by atoms with van der Waals surface area (Å²) in [6.07, 6.45) is 6.96. The van der Waals surface area contributed by atoms with Gasteiger partial charge in [0.05, 0.1) is 5.54 Å². The van der Waals surface area contributed by atoms with Crippen LogP contribution in [0.1, 0.15) is 18.4 Å². The molecule has 60 valence electrons. The summed E-state index contributed by atoms with van der Waals surface area (Å²) in [7, 11) is 0. The van der Waals surface area contributed by atoms with Crippen LogP contribution in [0.25, 0.3) is 0 Å². The molecule has 0 spiro atoms. The van der Waals surface area contributed by atoms with Crippen molar-refractivity contribution in [2.24, 2.45) is 4.99 Å². The highest BCUT2D eigenvalue weighted by Crippen LogP contribution is 2.48. The van der Waals surface area contributed by atoms with E-state index >= 15 is 0 Å². The largest absolute Gasteiger partial charge is 0.265 e. The van der Waals surface area contributed by atoms with Gasteiger partial charge in [0, 0.05) is 12.4 Å². The third-order valence-electron chi connectivity index (χ3n) is 2.20. The molecule has 0 aliphatic heterocycles. The van der Waals surface area contributed by atoms with Gasteiger partial charge in [-0.15, -0.1) is 0 Å². The van der Waals surface area contributed by atoms with Crippen molar-refractivity contribution in [1.82, 2.24) is 4.98 Å². The van der Waals surface area contributed by atoms with E-state index in [1.165, 1.54) is 0 Å². The fourth-order valence-corrected chi connectivity index (χ4v) is 1.33. The first-order chi connectivity index (χ1) is 5.87. The van der Waals surface area contributed by atoms with Crippen LogP contribution < -0.4 is 0 Å². The molecule has 1 aliphatic rings. The van der Waals surface area contributed by atoms with Crippen molar-refractivity contribution in [2.75, 3.05) is 0 Å². The number of pyridine rings is 1. The minimum absolute atomic E-state index is 0.245. The fourth-order valence-electron chi connectivity index (χ4n) is 1.33. The predicted octanol–water partition coefficient (Wildman–Crippen LogP) is 1.41. The van der Waals surface area contributed by atoms with Crippen LogP contribution in [0.3, 0.4) is 0 Å². The molecule has 2 rings (SSSR count). The second-order valence-electron chi connectivity index (χ2n) is 2.97. The van der Waals surface area contributed by atoms with Crippen molar-refractivity contribution in [3.05, 3.63) is 30.1 Å². The molecule has 1 aromatic heterocycles. The zero-order valence-corrected chi connectivity index (χ0v) is 6.53. The van der Waals surface area contributed by atoms with Gasteiger partial charge in [-0.05, 0) is 30.5 Å². The van der Waals surface area contributed by atoms with E-state index in [1.807, 2.05) is 12.1 Å². The van der Waals surface area contributed by atoms with E-state index in [0.29, 0.717) is 0 Å². The molecule has 1 saturated carbocycles. The van der Waals surface area contributed by atoms with Crippen LogP contribution in [0.15, 0.2) is 29.5 Å². The Morgan fingerprint density at radius 3 is 2.58 bits per heavy atom. The molecule has 0 saturated heterocycles. The molecule has 0 atom stereocenters. The van der Waals surface area contributed by atoms with Gasteiger partial charge >= 0.3 is 0 Å². The first-order valence-electron chi connectivity index (χ1n) is 3.87. The molecule has 0 radical (unpaired) electrons. The van der Waals surface area contributed by atoms with Crippen molar-refractivity contribution in [2.45, 2.75) is 18.4 Å². The summed E-state index contributed by atoms with van der Waals surface area (Å²) in [6, 6.07) is 3.79. The number of aliphatic imine (C=N–C) groups is 1. The van der Waals surface area contributed by atoms with Gasteiger partial charge < -0.3 is 0 Å². The second kappa shape index (κ2) is 2.54. The Morgan fingerprint density at radius 1 is 1.42 bits per heavy atom. The van der Waals surface area contributed by atoms with Gasteiger partial charge in [0.2, 0.25) is 6.08 Å². The Balaban J connectivity index is 2.37. The highest BCUT2D eigenvalue weighted by molar-refractivity contribution is 5.40. The standard InChI is InChI=1S/C9H8N2O/c12-7-11-9(3-4-9)8-1-5-10-6-2-8/h1-2,5-6H,3-4H2. The third-order valence-corrected chi connectivity index (χ3v) is 2.20. The highest BCUT2D eigenvalue weighted by atomic mass is 16.1. The van der Waals surface area contributed by atoms with Gasteiger partial charge in [-0.25, -0.2) is 4.79 Å². The summed E-state index contributed by atoms with van der Waals surface area (Å²) in [5.74, 6) is 0. The molecule has 1 aromatic rings. The lowest BCUT2D eigenvalue weighted by Crippen LogP contribution is -2.01. The van der Waals surface area contributed by atoms with Crippen molar-refractivity contribution >= 4 is 6.08 Å². The van der Waals surface area contributed by atoms with Gasteiger partial charge in [-0.2, -0.15) is 4.99 Å². The molecule has 12 heavy (non-hydrogen) atoms. The van der Waals surface area contributed by atoms with Gasteiger partial charge in [0.1, 0.15) is 0 Å². The Hall–Kier alpha value is -1.47. The average molecular weight is 160 g/mol. The third kappa shape index (κ3) is 1.04. The fraction of sp³-hybridized carbons (Fsp3) is 0.333. The molecule has 0 amide bonds. The number of hydrogen-bond donors (Lipinski definition) is 0. The maximum absolute atomic E-state index is 10.1. The smallest absolute Gasteiger partial charge is 0.235 e. The molecule has 0 unspecified atom stereocenters. The summed E-state index contributed by atoms with van der Waals surface area (Å²) in [5, 5.41) is 0. The van der Waals surface area contributed by atoms with Crippen LogP contribution in [0, 0.1) is 0 Å². The number of rotatable bonds is 2. The van der Waals surface area contributed by atoms with Gasteiger partial charge in [-0.3, -0.25) is 4.98 Å². The van der Waals surface area contributed by atoms with E-state index in [4.69, 9.17) is 0 Å². The number of hydrogen-bond acceptors (Lipinski definition) is 3. The van der Waals surface area contributed by atoms with E-state index in [9.17, 15) is 4.79 Å². The van der Waals surface area contributed by atoms with Crippen molar-refractivity contribution in [3.8, 4) is 0 Å². The number of isocyanates is 1. The molecule has 1 fully saturated rings. The zero-order valence-electron chi connectivity index (χ0n) is 6.53. The predicted molar refractivity (Wildman–Crippen MR) is 43.3 cm³/mol. The quantitative estimate of drug-likeness (QED) is 0.485. The first kappa shape index (κ1) is 7.19. The summed E-state index contributed by atoms with van der Waals surface area (Å²) < 4.78 is 0. The van der Waals surface area contributed by atoms with Crippen LogP contribution in [0.4, 0.5) is 0 Å². The molecule has 1 aliphatic carbocycles. The Labute approximate surface area is 70.2 Å². The van der Waals surface area contributed by atoms with Gasteiger partial charge in [0.15, 0.2) is 0 Å². The lowest BCUT2D eigenvalue weighted by atomic mass is 10.1. The number of aromatic nitrogens is 1. The minimum Gasteiger partial charge on any atom is -0.265 e. The monoisotopic (exact) mass is 160 g/mol. The van der Waals surface area contributed by atoms with Crippen molar-refractivity contribution in [1.29, 1.82) is 0 Å². The van der Waals surface area contributed by atoms with E-state index < -0.39 is 0 Å².